The van der Waals surface area contributed by atoms with E-state index in [0.29, 0.717) is 12.0 Å². The molecule has 100 valence electrons. The van der Waals surface area contributed by atoms with E-state index in [4.69, 9.17) is 9.72 Å². The molecule has 1 aliphatic heterocycles. The number of aromatic nitrogens is 1. The van der Waals surface area contributed by atoms with E-state index in [2.05, 4.69) is 12.2 Å². The summed E-state index contributed by atoms with van der Waals surface area (Å²) in [6.45, 7) is 5.04. The highest BCUT2D eigenvalue weighted by molar-refractivity contribution is 7.11. The van der Waals surface area contributed by atoms with Crippen LogP contribution in [0.5, 0.6) is 0 Å². The molecule has 1 N–H and O–H groups in total. The molecular weight excluding hydrogens is 244 g/mol. The fraction of sp³-hybridized carbons (Fsp3) is 0.786. The molecule has 1 fully saturated rings. The molecule has 2 aliphatic rings. The van der Waals surface area contributed by atoms with Gasteiger partial charge in [0.15, 0.2) is 0 Å². The summed E-state index contributed by atoms with van der Waals surface area (Å²) in [5.41, 5.74) is 1.38. The fourth-order valence-corrected chi connectivity index (χ4v) is 4.39. The number of hydrogen-bond donors (Lipinski definition) is 1. The van der Waals surface area contributed by atoms with E-state index in [1.165, 1.54) is 42.8 Å². The zero-order valence-electron chi connectivity index (χ0n) is 11.1. The first-order valence-corrected chi connectivity index (χ1v) is 7.99. The zero-order chi connectivity index (χ0) is 12.4. The first kappa shape index (κ1) is 12.6. The predicted molar refractivity (Wildman–Crippen MR) is 74.1 cm³/mol. The predicted octanol–water partition coefficient (Wildman–Crippen LogP) is 2.71. The maximum absolute atomic E-state index is 5.48. The molecule has 0 amide bonds. The molecule has 0 saturated carbocycles. The van der Waals surface area contributed by atoms with Crippen LogP contribution in [0.15, 0.2) is 0 Å². The Hall–Kier alpha value is -0.450. The normalized spacial score (nSPS) is 22.1. The van der Waals surface area contributed by atoms with Crippen LogP contribution in [0.1, 0.15) is 47.8 Å². The van der Waals surface area contributed by atoms with Crippen LogP contribution in [0.2, 0.25) is 0 Å². The van der Waals surface area contributed by atoms with Crippen molar-refractivity contribution in [1.82, 2.24) is 10.3 Å². The monoisotopic (exact) mass is 266 g/mol. The highest BCUT2D eigenvalue weighted by Crippen LogP contribution is 2.36. The van der Waals surface area contributed by atoms with E-state index < -0.39 is 0 Å². The highest BCUT2D eigenvalue weighted by Gasteiger charge is 2.29. The van der Waals surface area contributed by atoms with Gasteiger partial charge in [-0.2, -0.15) is 0 Å². The van der Waals surface area contributed by atoms with Gasteiger partial charge in [0.2, 0.25) is 0 Å². The molecule has 1 aromatic rings. The molecule has 1 saturated heterocycles. The second kappa shape index (κ2) is 5.68. The van der Waals surface area contributed by atoms with Gasteiger partial charge in [-0.05, 0) is 44.6 Å². The van der Waals surface area contributed by atoms with Crippen LogP contribution in [-0.4, -0.2) is 24.7 Å². The van der Waals surface area contributed by atoms with E-state index in [1.807, 2.05) is 11.3 Å². The lowest BCUT2D eigenvalue weighted by atomic mass is 9.92. The van der Waals surface area contributed by atoms with E-state index >= 15 is 0 Å². The maximum Gasteiger partial charge on any atom is 0.110 e. The van der Waals surface area contributed by atoms with Crippen LogP contribution >= 0.6 is 11.3 Å². The van der Waals surface area contributed by atoms with Crippen molar-refractivity contribution in [1.29, 1.82) is 0 Å². The van der Waals surface area contributed by atoms with Crippen LogP contribution in [0.3, 0.4) is 0 Å². The number of nitrogens with zero attached hydrogens (tertiary/aromatic N) is 1. The summed E-state index contributed by atoms with van der Waals surface area (Å²) in [6, 6.07) is 0.453. The van der Waals surface area contributed by atoms with Gasteiger partial charge in [-0.1, -0.05) is 6.92 Å². The number of ether oxygens (including phenoxy) is 1. The molecule has 4 heteroatoms. The molecule has 1 aliphatic carbocycles. The second-order valence-corrected chi connectivity index (χ2v) is 6.38. The Kier molecular flexibility index (Phi) is 3.97. The lowest BCUT2D eigenvalue weighted by Crippen LogP contribution is -2.32. The van der Waals surface area contributed by atoms with Gasteiger partial charge < -0.3 is 10.1 Å². The Morgan fingerprint density at radius 1 is 1.39 bits per heavy atom. The molecule has 0 radical (unpaired) electrons. The Labute approximate surface area is 113 Å². The lowest BCUT2D eigenvalue weighted by molar-refractivity contribution is 0.0538. The third-order valence-electron chi connectivity index (χ3n) is 4.04. The third-order valence-corrected chi connectivity index (χ3v) is 5.28. The van der Waals surface area contributed by atoms with Crippen molar-refractivity contribution in [3.05, 3.63) is 15.6 Å². The molecule has 18 heavy (non-hydrogen) atoms. The minimum atomic E-state index is 0.453. The molecular formula is C14H22N2OS. The first-order chi connectivity index (χ1) is 8.88. The highest BCUT2D eigenvalue weighted by atomic mass is 32.1. The molecule has 2 heterocycles. The number of aryl methyl sites for hydroxylation is 2. The van der Waals surface area contributed by atoms with Gasteiger partial charge >= 0.3 is 0 Å². The number of nitrogens with one attached hydrogen (secondary N) is 1. The number of thiazole rings is 1. The van der Waals surface area contributed by atoms with Crippen molar-refractivity contribution < 1.29 is 4.74 Å². The minimum Gasteiger partial charge on any atom is -0.381 e. The van der Waals surface area contributed by atoms with Crippen molar-refractivity contribution >= 4 is 11.3 Å². The average Bonchev–Trinajstić information content (AvgIpc) is 2.97. The molecule has 1 aromatic heterocycles. The average molecular weight is 266 g/mol. The topological polar surface area (TPSA) is 34.2 Å². The quantitative estimate of drug-likeness (QED) is 0.910. The van der Waals surface area contributed by atoms with Gasteiger partial charge in [0.25, 0.3) is 0 Å². The van der Waals surface area contributed by atoms with Crippen molar-refractivity contribution in [3.63, 3.8) is 0 Å². The molecule has 1 unspecified atom stereocenters. The molecule has 0 bridgehead atoms. The van der Waals surface area contributed by atoms with Crippen LogP contribution < -0.4 is 5.32 Å². The van der Waals surface area contributed by atoms with Crippen LogP contribution in [-0.2, 0) is 17.6 Å². The smallest absolute Gasteiger partial charge is 0.110 e. The number of fused-ring (bicyclic) bond motifs is 1. The largest absolute Gasteiger partial charge is 0.381 e. The molecule has 0 spiro atoms. The summed E-state index contributed by atoms with van der Waals surface area (Å²) in [5.74, 6) is 0.699. The van der Waals surface area contributed by atoms with E-state index in [1.54, 1.807) is 4.88 Å². The maximum atomic E-state index is 5.48. The number of rotatable bonds is 4. The van der Waals surface area contributed by atoms with Crippen LogP contribution in [0, 0.1) is 5.92 Å². The van der Waals surface area contributed by atoms with Crippen molar-refractivity contribution in [2.45, 2.75) is 45.1 Å². The van der Waals surface area contributed by atoms with Gasteiger partial charge in [-0.25, -0.2) is 4.98 Å². The van der Waals surface area contributed by atoms with Crippen LogP contribution in [0.4, 0.5) is 0 Å². The Balaban J connectivity index is 1.78. The van der Waals surface area contributed by atoms with E-state index in [-0.39, 0.29) is 0 Å². The Morgan fingerprint density at radius 2 is 2.22 bits per heavy atom. The van der Waals surface area contributed by atoms with Crippen molar-refractivity contribution in [2.24, 2.45) is 5.92 Å². The van der Waals surface area contributed by atoms with E-state index in [0.717, 1.165) is 19.8 Å². The van der Waals surface area contributed by atoms with Gasteiger partial charge in [-0.3, -0.25) is 0 Å². The van der Waals surface area contributed by atoms with Gasteiger partial charge in [0.1, 0.15) is 5.01 Å². The SMILES string of the molecule is CCNC(c1nc2c(s1)CCC2)C1CCOCC1. The molecule has 3 rings (SSSR count). The van der Waals surface area contributed by atoms with Crippen molar-refractivity contribution in [2.75, 3.05) is 19.8 Å². The summed E-state index contributed by atoms with van der Waals surface area (Å²) in [7, 11) is 0. The standard InChI is InChI=1S/C14H22N2OS/c1-2-15-13(10-6-8-17-9-7-10)14-16-11-4-3-5-12(11)18-14/h10,13,15H,2-9H2,1H3. The molecule has 0 aromatic carbocycles. The summed E-state index contributed by atoms with van der Waals surface area (Å²) < 4.78 is 5.48. The second-order valence-electron chi connectivity index (χ2n) is 5.26. The summed E-state index contributed by atoms with van der Waals surface area (Å²) in [5, 5.41) is 4.98. The van der Waals surface area contributed by atoms with Crippen LogP contribution in [0.25, 0.3) is 0 Å². The first-order valence-electron chi connectivity index (χ1n) is 7.18. The minimum absolute atomic E-state index is 0.453. The molecule has 1 atom stereocenters. The summed E-state index contributed by atoms with van der Waals surface area (Å²) >= 11 is 1.95. The zero-order valence-corrected chi connectivity index (χ0v) is 11.9. The number of hydrogen-bond acceptors (Lipinski definition) is 4. The van der Waals surface area contributed by atoms with Crippen molar-refractivity contribution in [3.8, 4) is 0 Å². The summed E-state index contributed by atoms with van der Waals surface area (Å²) in [6.07, 6.45) is 6.08. The molecule has 3 nitrogen and oxygen atoms in total. The Bertz CT molecular complexity index is 377. The third kappa shape index (κ3) is 2.46. The summed E-state index contributed by atoms with van der Waals surface area (Å²) in [4.78, 5) is 6.44. The van der Waals surface area contributed by atoms with Gasteiger partial charge in [-0.15, -0.1) is 11.3 Å². The Morgan fingerprint density at radius 3 is 2.94 bits per heavy atom. The fourth-order valence-electron chi connectivity index (χ4n) is 3.07. The van der Waals surface area contributed by atoms with Gasteiger partial charge in [0.05, 0.1) is 11.7 Å². The van der Waals surface area contributed by atoms with E-state index in [9.17, 15) is 0 Å². The van der Waals surface area contributed by atoms with Gasteiger partial charge in [0, 0.05) is 18.1 Å². The lowest BCUT2D eigenvalue weighted by Gasteiger charge is -2.29.